The highest BCUT2D eigenvalue weighted by molar-refractivity contribution is 5.97. The van der Waals surface area contributed by atoms with E-state index in [1.807, 2.05) is 113 Å². The van der Waals surface area contributed by atoms with Gasteiger partial charge in [0.15, 0.2) is 0 Å². The number of benzene rings is 3. The maximum Gasteiger partial charge on any atom is 0.249 e. The van der Waals surface area contributed by atoms with Crippen LogP contribution >= 0.6 is 0 Å². The van der Waals surface area contributed by atoms with E-state index in [1.165, 1.54) is 69.5 Å². The Morgan fingerprint density at radius 2 is 1.34 bits per heavy atom. The molecule has 4 unspecified atom stereocenters. The van der Waals surface area contributed by atoms with Gasteiger partial charge in [-0.3, -0.25) is 38.4 Å². The summed E-state index contributed by atoms with van der Waals surface area (Å²) in [5.74, 6) is -4.22. The number of carbonyl (C=O) groups is 8. The molecule has 8 amide bonds. The molecule has 4 aromatic rings. The van der Waals surface area contributed by atoms with Crippen molar-refractivity contribution in [3.63, 3.8) is 0 Å². The molecule has 432 valence electrons. The van der Waals surface area contributed by atoms with E-state index >= 15 is 0 Å². The molecule has 0 bridgehead atoms. The molecule has 3 aromatic carbocycles. The summed E-state index contributed by atoms with van der Waals surface area (Å²) in [7, 11) is 7.78. The summed E-state index contributed by atoms with van der Waals surface area (Å²) in [5.41, 5.74) is 3.99. The van der Waals surface area contributed by atoms with Crippen molar-refractivity contribution in [2.75, 3.05) is 54.9 Å². The van der Waals surface area contributed by atoms with Gasteiger partial charge in [-0.15, -0.1) is 0 Å². The lowest BCUT2D eigenvalue weighted by atomic mass is 9.96. The van der Waals surface area contributed by atoms with Gasteiger partial charge in [-0.05, 0) is 61.6 Å². The Labute approximate surface area is 470 Å². The van der Waals surface area contributed by atoms with Gasteiger partial charge < -0.3 is 45.0 Å². The summed E-state index contributed by atoms with van der Waals surface area (Å²) >= 11 is 0. The van der Waals surface area contributed by atoms with E-state index in [2.05, 4.69) is 48.5 Å². The van der Waals surface area contributed by atoms with Crippen LogP contribution in [-0.2, 0) is 44.8 Å². The molecule has 17 heteroatoms. The van der Waals surface area contributed by atoms with E-state index in [9.17, 15) is 38.4 Å². The number of aromatic nitrogens is 1. The lowest BCUT2D eigenvalue weighted by Crippen LogP contribution is -2.60. The molecule has 5 rings (SSSR count). The lowest BCUT2D eigenvalue weighted by molar-refractivity contribution is -0.155. The van der Waals surface area contributed by atoms with Crippen molar-refractivity contribution in [1.29, 1.82) is 0 Å². The minimum atomic E-state index is -1.03. The second kappa shape index (κ2) is 32.6. The Balaban J connectivity index is 0.00000148. The molecule has 0 saturated carbocycles. The molecule has 17 nitrogen and oxygen atoms in total. The molecule has 0 aliphatic carbocycles. The van der Waals surface area contributed by atoms with Crippen LogP contribution in [0.15, 0.2) is 97.3 Å². The minimum absolute atomic E-state index is 0.0498. The molecular weight excluding hydrogens is 999 g/mol. The van der Waals surface area contributed by atoms with Crippen molar-refractivity contribution < 1.29 is 38.4 Å². The van der Waals surface area contributed by atoms with Crippen molar-refractivity contribution in [3.05, 3.63) is 114 Å². The van der Waals surface area contributed by atoms with Gasteiger partial charge in [0, 0.05) is 84.0 Å². The van der Waals surface area contributed by atoms with Crippen molar-refractivity contribution >= 4 is 64.2 Å². The number of aryl methyl sites for hydroxylation is 1. The summed E-state index contributed by atoms with van der Waals surface area (Å²) in [6.45, 7) is 18.5. The molecule has 0 radical (unpaired) electrons. The van der Waals surface area contributed by atoms with Crippen LogP contribution < -0.4 is 10.6 Å². The fourth-order valence-electron chi connectivity index (χ4n) is 9.55. The molecule has 1 aromatic heterocycles. The molecule has 1 fully saturated rings. The van der Waals surface area contributed by atoms with Gasteiger partial charge in [0.05, 0.1) is 13.1 Å². The van der Waals surface area contributed by atoms with E-state index in [0.717, 1.165) is 22.0 Å². The lowest BCUT2D eigenvalue weighted by Gasteiger charge is -2.39. The number of rotatable bonds is 22. The second-order valence-corrected chi connectivity index (χ2v) is 21.6. The Morgan fingerprint density at radius 3 is 1.90 bits per heavy atom. The zero-order valence-electron chi connectivity index (χ0n) is 49.7. The van der Waals surface area contributed by atoms with E-state index in [0.29, 0.717) is 19.3 Å². The number of nitrogens with zero attached hydrogens (tertiary/aromatic N) is 6. The van der Waals surface area contributed by atoms with E-state index < -0.39 is 77.5 Å². The Kier molecular flexibility index (Phi) is 27.2. The normalized spacial score (nSPS) is 14.8. The molecule has 1 aliphatic heterocycles. The van der Waals surface area contributed by atoms with Crippen LogP contribution in [0.5, 0.6) is 0 Å². The number of amides is 8. The second-order valence-electron chi connectivity index (χ2n) is 21.6. The maximum atomic E-state index is 14.7. The predicted octanol–water partition coefficient (Wildman–Crippen LogP) is 7.55. The highest BCUT2D eigenvalue weighted by Crippen LogP contribution is 2.26. The van der Waals surface area contributed by atoms with Crippen LogP contribution in [0.3, 0.4) is 0 Å². The SMILES string of the molecule is CCC.CCC(C)C(C(=O)N(C)/C=C\c1c[nH]c2ccccc12)N(C)C(=O)CN(C)C(=O)C(C(C)C)N(C)C(=O)[C@H](CC(C)C)N(C)C(=O)C1CCCN1C(=O)[C@H](Cc1ccccc1)NC(=O)CNC(C)=O.Cc1ccccc1. The maximum absolute atomic E-state index is 14.7. The van der Waals surface area contributed by atoms with Crippen LogP contribution in [0.2, 0.25) is 0 Å². The highest BCUT2D eigenvalue weighted by atomic mass is 16.2. The predicted molar refractivity (Wildman–Crippen MR) is 314 cm³/mol. The topological polar surface area (TPSA) is 196 Å². The molecular formula is C62H91N9O8. The molecule has 6 atom stereocenters. The zero-order valence-corrected chi connectivity index (χ0v) is 49.7. The number of carbonyl (C=O) groups excluding carboxylic acids is 8. The summed E-state index contributed by atoms with van der Waals surface area (Å²) in [4.78, 5) is 122. The number of hydrogen-bond acceptors (Lipinski definition) is 8. The average molecular weight is 1090 g/mol. The smallest absolute Gasteiger partial charge is 0.249 e. The van der Waals surface area contributed by atoms with Gasteiger partial charge in [0.1, 0.15) is 30.2 Å². The van der Waals surface area contributed by atoms with Gasteiger partial charge in [0.25, 0.3) is 0 Å². The zero-order chi connectivity index (χ0) is 59.1. The molecule has 1 aliphatic rings. The summed E-state index contributed by atoms with van der Waals surface area (Å²) < 4.78 is 0. The average Bonchev–Trinajstić information content (AvgIpc) is 4.10. The summed E-state index contributed by atoms with van der Waals surface area (Å²) in [6, 6.07) is 22.5. The molecule has 2 heterocycles. The number of para-hydroxylation sites is 1. The van der Waals surface area contributed by atoms with Gasteiger partial charge in [-0.25, -0.2) is 0 Å². The molecule has 79 heavy (non-hydrogen) atoms. The number of likely N-dealkylation sites (tertiary alicyclic amines) is 1. The van der Waals surface area contributed by atoms with Crippen molar-refractivity contribution in [2.24, 2.45) is 17.8 Å². The Hall–Kier alpha value is -7.30. The minimum Gasteiger partial charge on any atom is -0.361 e. The fourth-order valence-corrected chi connectivity index (χ4v) is 9.55. The van der Waals surface area contributed by atoms with Crippen LogP contribution in [0.1, 0.15) is 111 Å². The highest BCUT2D eigenvalue weighted by Gasteiger charge is 2.44. The molecule has 0 spiro atoms. The first-order chi connectivity index (χ1) is 37.4. The van der Waals surface area contributed by atoms with Crippen LogP contribution in [0, 0.1) is 24.7 Å². The number of nitrogens with one attached hydrogen (secondary N) is 3. The number of H-pyrrole nitrogens is 1. The molecule has 1 saturated heterocycles. The third-order valence-corrected chi connectivity index (χ3v) is 14.1. The first kappa shape index (κ1) is 66.0. The van der Waals surface area contributed by atoms with Crippen molar-refractivity contribution in [2.45, 2.75) is 138 Å². The number of hydrogen-bond donors (Lipinski definition) is 3. The van der Waals surface area contributed by atoms with E-state index in [4.69, 9.17) is 0 Å². The first-order valence-corrected chi connectivity index (χ1v) is 27.8. The fraction of sp³-hybridized carbons (Fsp3) is 0.516. The van der Waals surface area contributed by atoms with E-state index in [-0.39, 0.29) is 50.2 Å². The number of likely N-dealkylation sites (N-methyl/N-ethyl adjacent to an activating group) is 5. The third-order valence-electron chi connectivity index (χ3n) is 14.1. The third kappa shape index (κ3) is 19.5. The quantitative estimate of drug-likeness (QED) is 0.0718. The first-order valence-electron chi connectivity index (χ1n) is 27.8. The van der Waals surface area contributed by atoms with Crippen molar-refractivity contribution in [1.82, 2.24) is 45.0 Å². The summed E-state index contributed by atoms with van der Waals surface area (Å²) in [5, 5.41) is 6.22. The Bertz CT molecular complexity index is 2640. The van der Waals surface area contributed by atoms with Crippen LogP contribution in [-0.4, -0.2) is 167 Å². The van der Waals surface area contributed by atoms with Gasteiger partial charge in [-0.1, -0.05) is 153 Å². The van der Waals surface area contributed by atoms with Crippen molar-refractivity contribution in [3.8, 4) is 0 Å². The van der Waals surface area contributed by atoms with Gasteiger partial charge in [-0.2, -0.15) is 0 Å². The van der Waals surface area contributed by atoms with Crippen LogP contribution in [0.4, 0.5) is 0 Å². The summed E-state index contributed by atoms with van der Waals surface area (Å²) in [6.07, 6.45) is 8.54. The monoisotopic (exact) mass is 1090 g/mol. The largest absolute Gasteiger partial charge is 0.361 e. The van der Waals surface area contributed by atoms with Gasteiger partial charge >= 0.3 is 0 Å². The number of aromatic amines is 1. The number of fused-ring (bicyclic) bond motifs is 1. The molecule has 3 N–H and O–H groups in total. The van der Waals surface area contributed by atoms with E-state index in [1.54, 1.807) is 34.1 Å². The van der Waals surface area contributed by atoms with Gasteiger partial charge in [0.2, 0.25) is 47.3 Å². The Morgan fingerprint density at radius 1 is 0.747 bits per heavy atom. The van der Waals surface area contributed by atoms with Crippen LogP contribution in [0.25, 0.3) is 17.0 Å². The standard InChI is InChI=1S/C52H75N9O8.C7H8.C3H8/c1-13-35(6)47(52(69)56(8)27-25-38-30-54-40-23-18-17-22-39(38)40)59(11)45(64)32-57(9)51(68)46(34(4)5)60(12)50(67)43(28-33(2)3)58(10)49(66)42-24-19-26-61(42)48(65)41(29-37-20-15-14-16-21-37)55-44(63)31-53-36(7)62;1-7-5-3-2-4-6-7;1-3-2/h14-18,20-23,25,27,30,33-35,41-43,46-47,54H,13,19,24,26,28-29,31-32H2,1-12H3,(H,53,62)(H,55,63);2-6H,1H3;3H2,1-2H3/b27-25-;;/t35?,41-,42?,43-,46?,47?;;/m0../s1.